The molecular formula is C17H15BrClNO. The number of hydrogen-bond donors (Lipinski definition) is 1. The molecule has 3 rings (SSSR count). The molecule has 1 unspecified atom stereocenters. The van der Waals surface area contributed by atoms with Crippen LogP contribution >= 0.6 is 27.5 Å². The number of hydrogen-bond acceptors (Lipinski definition) is 2. The summed E-state index contributed by atoms with van der Waals surface area (Å²) in [5.74, 6) is 0.854. The maximum atomic E-state index is 6.20. The SMILES string of the molecule is CNC(c1cc2cccc(Cl)c2o1)c1cc(C)ccc1Br. The van der Waals surface area contributed by atoms with Gasteiger partial charge in [-0.25, -0.2) is 0 Å². The molecular weight excluding hydrogens is 350 g/mol. The smallest absolute Gasteiger partial charge is 0.152 e. The largest absolute Gasteiger partial charge is 0.457 e. The van der Waals surface area contributed by atoms with Gasteiger partial charge in [0.05, 0.1) is 11.1 Å². The van der Waals surface area contributed by atoms with Gasteiger partial charge in [-0.1, -0.05) is 57.4 Å². The van der Waals surface area contributed by atoms with E-state index in [0.717, 1.165) is 26.8 Å². The number of aryl methyl sites for hydroxylation is 1. The Balaban J connectivity index is 2.13. The van der Waals surface area contributed by atoms with E-state index in [4.69, 9.17) is 16.0 Å². The zero-order valence-electron chi connectivity index (χ0n) is 11.8. The lowest BCUT2D eigenvalue weighted by Crippen LogP contribution is -2.17. The fourth-order valence-corrected chi connectivity index (χ4v) is 3.22. The monoisotopic (exact) mass is 363 g/mol. The van der Waals surface area contributed by atoms with E-state index in [2.05, 4.69) is 46.4 Å². The third-order valence-electron chi connectivity index (χ3n) is 3.55. The van der Waals surface area contributed by atoms with Gasteiger partial charge in [-0.15, -0.1) is 0 Å². The second kappa shape index (κ2) is 5.84. The minimum absolute atomic E-state index is 0.0252. The van der Waals surface area contributed by atoms with Crippen LogP contribution in [0, 0.1) is 6.92 Å². The number of benzene rings is 2. The summed E-state index contributed by atoms with van der Waals surface area (Å²) in [6.45, 7) is 2.08. The maximum absolute atomic E-state index is 6.20. The highest BCUT2D eigenvalue weighted by Gasteiger charge is 2.20. The van der Waals surface area contributed by atoms with Gasteiger partial charge in [-0.3, -0.25) is 0 Å². The molecule has 0 aliphatic heterocycles. The molecule has 108 valence electrons. The Labute approximate surface area is 137 Å². The summed E-state index contributed by atoms with van der Waals surface area (Å²) in [6.07, 6.45) is 0. The van der Waals surface area contributed by atoms with Crippen LogP contribution in [0.2, 0.25) is 5.02 Å². The second-order valence-electron chi connectivity index (χ2n) is 5.05. The lowest BCUT2D eigenvalue weighted by atomic mass is 10.0. The average Bonchev–Trinajstić information content (AvgIpc) is 2.89. The molecule has 4 heteroatoms. The lowest BCUT2D eigenvalue weighted by Gasteiger charge is -2.16. The molecule has 0 aliphatic rings. The Kier molecular flexibility index (Phi) is 4.07. The Morgan fingerprint density at radius 1 is 1.19 bits per heavy atom. The first kappa shape index (κ1) is 14.6. The highest BCUT2D eigenvalue weighted by molar-refractivity contribution is 9.10. The molecule has 1 N–H and O–H groups in total. The van der Waals surface area contributed by atoms with Crippen molar-refractivity contribution >= 4 is 38.5 Å². The Morgan fingerprint density at radius 3 is 2.71 bits per heavy atom. The number of furan rings is 1. The topological polar surface area (TPSA) is 25.2 Å². The fraction of sp³-hybridized carbons (Fsp3) is 0.176. The number of rotatable bonds is 3. The minimum atomic E-state index is -0.0252. The van der Waals surface area contributed by atoms with Crippen LogP contribution in [0.1, 0.15) is 22.9 Å². The van der Waals surface area contributed by atoms with Gasteiger partial charge < -0.3 is 9.73 Å². The van der Waals surface area contributed by atoms with E-state index >= 15 is 0 Å². The van der Waals surface area contributed by atoms with Crippen LogP contribution in [0.15, 0.2) is 51.4 Å². The quantitative estimate of drug-likeness (QED) is 0.667. The normalized spacial score (nSPS) is 12.8. The molecule has 0 amide bonds. The summed E-state index contributed by atoms with van der Waals surface area (Å²) in [4.78, 5) is 0. The molecule has 0 radical (unpaired) electrons. The van der Waals surface area contributed by atoms with E-state index in [1.165, 1.54) is 5.56 Å². The van der Waals surface area contributed by atoms with Crippen LogP contribution in [-0.2, 0) is 0 Å². The first-order valence-corrected chi connectivity index (χ1v) is 7.88. The van der Waals surface area contributed by atoms with Gasteiger partial charge in [0.25, 0.3) is 0 Å². The number of fused-ring (bicyclic) bond motifs is 1. The van der Waals surface area contributed by atoms with Gasteiger partial charge in [-0.05, 0) is 37.7 Å². The summed E-state index contributed by atoms with van der Waals surface area (Å²) >= 11 is 9.82. The van der Waals surface area contributed by atoms with Gasteiger partial charge in [0, 0.05) is 9.86 Å². The first-order valence-electron chi connectivity index (χ1n) is 6.71. The lowest BCUT2D eigenvalue weighted by molar-refractivity contribution is 0.491. The van der Waals surface area contributed by atoms with E-state index in [1.54, 1.807) is 0 Å². The number of halogens is 2. The third kappa shape index (κ3) is 2.73. The van der Waals surface area contributed by atoms with Crippen molar-refractivity contribution in [2.45, 2.75) is 13.0 Å². The van der Waals surface area contributed by atoms with Crippen molar-refractivity contribution in [2.75, 3.05) is 7.05 Å². The van der Waals surface area contributed by atoms with Crippen LogP contribution < -0.4 is 5.32 Å². The molecule has 0 fully saturated rings. The molecule has 2 aromatic carbocycles. The predicted octanol–water partition coefficient (Wildman–Crippen LogP) is 5.47. The van der Waals surface area contributed by atoms with E-state index in [9.17, 15) is 0 Å². The van der Waals surface area contributed by atoms with Crippen LogP contribution in [0.5, 0.6) is 0 Å². The van der Waals surface area contributed by atoms with Crippen molar-refractivity contribution in [2.24, 2.45) is 0 Å². The van der Waals surface area contributed by atoms with Gasteiger partial charge in [0.2, 0.25) is 0 Å². The van der Waals surface area contributed by atoms with Gasteiger partial charge >= 0.3 is 0 Å². The summed E-state index contributed by atoms with van der Waals surface area (Å²) in [7, 11) is 1.92. The van der Waals surface area contributed by atoms with Crippen molar-refractivity contribution in [3.8, 4) is 0 Å². The van der Waals surface area contributed by atoms with Crippen molar-refractivity contribution in [3.63, 3.8) is 0 Å². The van der Waals surface area contributed by atoms with Crippen molar-refractivity contribution < 1.29 is 4.42 Å². The van der Waals surface area contributed by atoms with Crippen molar-refractivity contribution in [3.05, 3.63) is 68.8 Å². The molecule has 0 spiro atoms. The molecule has 0 saturated heterocycles. The molecule has 3 aromatic rings. The first-order chi connectivity index (χ1) is 10.1. The van der Waals surface area contributed by atoms with Crippen LogP contribution in [0.3, 0.4) is 0 Å². The van der Waals surface area contributed by atoms with Gasteiger partial charge in [0.15, 0.2) is 5.58 Å². The minimum Gasteiger partial charge on any atom is -0.457 e. The molecule has 0 bridgehead atoms. The Hall–Kier alpha value is -1.29. The molecule has 1 aromatic heterocycles. The second-order valence-corrected chi connectivity index (χ2v) is 6.32. The van der Waals surface area contributed by atoms with Gasteiger partial charge in [0.1, 0.15) is 5.76 Å². The zero-order chi connectivity index (χ0) is 15.0. The summed E-state index contributed by atoms with van der Waals surface area (Å²) in [6, 6.07) is 14.1. The third-order valence-corrected chi connectivity index (χ3v) is 4.57. The molecule has 21 heavy (non-hydrogen) atoms. The molecule has 0 saturated carbocycles. The highest BCUT2D eigenvalue weighted by atomic mass is 79.9. The summed E-state index contributed by atoms with van der Waals surface area (Å²) in [5, 5.41) is 4.97. The standard InChI is InChI=1S/C17H15BrClNO/c1-10-6-7-13(18)12(8-10)16(20-2)15-9-11-4-3-5-14(19)17(11)21-15/h3-9,16,20H,1-2H3. The number of para-hydroxylation sites is 1. The molecule has 2 nitrogen and oxygen atoms in total. The Bertz CT molecular complexity index is 797. The predicted molar refractivity (Wildman–Crippen MR) is 91.0 cm³/mol. The van der Waals surface area contributed by atoms with Crippen LogP contribution in [0.4, 0.5) is 0 Å². The molecule has 1 heterocycles. The maximum Gasteiger partial charge on any atom is 0.152 e. The van der Waals surface area contributed by atoms with Crippen LogP contribution in [0.25, 0.3) is 11.0 Å². The van der Waals surface area contributed by atoms with Crippen molar-refractivity contribution in [1.29, 1.82) is 0 Å². The van der Waals surface area contributed by atoms with Gasteiger partial charge in [-0.2, -0.15) is 0 Å². The van der Waals surface area contributed by atoms with E-state index in [0.29, 0.717) is 5.02 Å². The van der Waals surface area contributed by atoms with Crippen LogP contribution in [-0.4, -0.2) is 7.05 Å². The molecule has 0 aliphatic carbocycles. The van der Waals surface area contributed by atoms with Crippen molar-refractivity contribution in [1.82, 2.24) is 5.32 Å². The highest BCUT2D eigenvalue weighted by Crippen LogP contribution is 2.34. The summed E-state index contributed by atoms with van der Waals surface area (Å²) in [5.41, 5.74) is 3.09. The molecule has 1 atom stereocenters. The number of nitrogens with one attached hydrogen (secondary N) is 1. The zero-order valence-corrected chi connectivity index (χ0v) is 14.1. The summed E-state index contributed by atoms with van der Waals surface area (Å²) < 4.78 is 7.04. The van der Waals surface area contributed by atoms with E-state index < -0.39 is 0 Å². The van der Waals surface area contributed by atoms with E-state index in [1.807, 2.05) is 31.3 Å². The fourth-order valence-electron chi connectivity index (χ4n) is 2.53. The average molecular weight is 365 g/mol. The van der Waals surface area contributed by atoms with E-state index in [-0.39, 0.29) is 6.04 Å². The Morgan fingerprint density at radius 2 is 2.00 bits per heavy atom.